The number of unbranched alkanes of at least 4 members (excludes halogenated alkanes) is 3. The molecular formula is C16H22O3S. The van der Waals surface area contributed by atoms with Crippen molar-refractivity contribution in [2.75, 3.05) is 5.75 Å². The first-order chi connectivity index (χ1) is 9.70. The highest BCUT2D eigenvalue weighted by atomic mass is 32.2. The third kappa shape index (κ3) is 7.89. The number of para-hydroxylation sites is 1. The minimum atomic E-state index is -0.707. The van der Waals surface area contributed by atoms with Gasteiger partial charge < -0.3 is 10.2 Å². The molecule has 0 spiro atoms. The van der Waals surface area contributed by atoms with Gasteiger partial charge in [0, 0.05) is 17.1 Å². The van der Waals surface area contributed by atoms with Crippen molar-refractivity contribution in [3.8, 4) is 5.75 Å². The number of carbonyl (C=O) groups is 1. The van der Waals surface area contributed by atoms with Gasteiger partial charge in [-0.15, -0.1) is 11.8 Å². The van der Waals surface area contributed by atoms with E-state index in [2.05, 4.69) is 12.2 Å². The summed E-state index contributed by atoms with van der Waals surface area (Å²) in [4.78, 5) is 11.2. The predicted octanol–water partition coefficient (Wildman–Crippen LogP) is 4.47. The van der Waals surface area contributed by atoms with E-state index in [9.17, 15) is 9.90 Å². The number of thioether (sulfide) groups is 1. The van der Waals surface area contributed by atoms with Crippen LogP contribution in [0.2, 0.25) is 0 Å². The number of phenols is 1. The molecule has 20 heavy (non-hydrogen) atoms. The van der Waals surface area contributed by atoms with E-state index in [1.807, 2.05) is 18.2 Å². The van der Waals surface area contributed by atoms with Crippen LogP contribution in [0.3, 0.4) is 0 Å². The number of allylic oxidation sites excluding steroid dienone is 2. The summed E-state index contributed by atoms with van der Waals surface area (Å²) in [5, 5.41) is 18.1. The van der Waals surface area contributed by atoms with Crippen molar-refractivity contribution in [3.05, 3.63) is 36.4 Å². The van der Waals surface area contributed by atoms with Crippen LogP contribution in [0.1, 0.15) is 38.5 Å². The van der Waals surface area contributed by atoms with Crippen LogP contribution in [-0.2, 0) is 4.79 Å². The molecule has 0 heterocycles. The van der Waals surface area contributed by atoms with Crippen molar-refractivity contribution < 1.29 is 15.0 Å². The molecule has 1 rings (SSSR count). The third-order valence-electron chi connectivity index (χ3n) is 2.84. The number of phenolic OH excluding ortho intramolecular Hbond substituents is 1. The van der Waals surface area contributed by atoms with E-state index in [-0.39, 0.29) is 6.42 Å². The van der Waals surface area contributed by atoms with E-state index >= 15 is 0 Å². The quantitative estimate of drug-likeness (QED) is 0.380. The standard InChI is InChI=1S/C16H22O3S/c17-14-10-7-8-11-15(14)20-13-9-5-3-1-2-4-6-12-16(18)19/h3,5,7-8,10-11,17H,1-2,4,6,9,12-13H2,(H,18,19)/b5-3+. The van der Waals surface area contributed by atoms with Crippen LogP contribution in [-0.4, -0.2) is 21.9 Å². The SMILES string of the molecule is O=C(O)CCCCC/C=C/CCSc1ccccc1O. The van der Waals surface area contributed by atoms with E-state index < -0.39 is 5.97 Å². The Labute approximate surface area is 124 Å². The number of carboxylic acid groups (broad SMARTS) is 1. The Bertz CT molecular complexity index is 429. The largest absolute Gasteiger partial charge is 0.507 e. The summed E-state index contributed by atoms with van der Waals surface area (Å²) < 4.78 is 0. The van der Waals surface area contributed by atoms with Crippen LogP contribution in [0.4, 0.5) is 0 Å². The maximum Gasteiger partial charge on any atom is 0.303 e. The first kappa shape index (κ1) is 16.6. The average Bonchev–Trinajstić information content (AvgIpc) is 2.42. The molecule has 0 saturated heterocycles. The van der Waals surface area contributed by atoms with Crippen molar-refractivity contribution in [2.45, 2.75) is 43.4 Å². The van der Waals surface area contributed by atoms with Crippen molar-refractivity contribution in [1.82, 2.24) is 0 Å². The zero-order chi connectivity index (χ0) is 14.6. The minimum absolute atomic E-state index is 0.279. The summed E-state index contributed by atoms with van der Waals surface area (Å²) in [6.45, 7) is 0. The zero-order valence-electron chi connectivity index (χ0n) is 11.6. The average molecular weight is 294 g/mol. The lowest BCUT2D eigenvalue weighted by Gasteiger charge is -2.01. The highest BCUT2D eigenvalue weighted by Crippen LogP contribution is 2.27. The molecular weight excluding hydrogens is 272 g/mol. The Balaban J connectivity index is 2.00. The zero-order valence-corrected chi connectivity index (χ0v) is 12.4. The molecule has 0 bridgehead atoms. The van der Waals surface area contributed by atoms with E-state index in [4.69, 9.17) is 5.11 Å². The monoisotopic (exact) mass is 294 g/mol. The molecule has 4 heteroatoms. The van der Waals surface area contributed by atoms with Gasteiger partial charge in [0.15, 0.2) is 0 Å². The van der Waals surface area contributed by atoms with Crippen molar-refractivity contribution in [3.63, 3.8) is 0 Å². The molecule has 0 aromatic heterocycles. The maximum atomic E-state index is 10.3. The summed E-state index contributed by atoms with van der Waals surface area (Å²) in [7, 11) is 0. The Kier molecular flexibility index (Phi) is 8.63. The third-order valence-corrected chi connectivity index (χ3v) is 3.93. The molecule has 110 valence electrons. The van der Waals surface area contributed by atoms with E-state index in [1.165, 1.54) is 0 Å². The molecule has 3 nitrogen and oxygen atoms in total. The number of rotatable bonds is 10. The molecule has 0 saturated carbocycles. The van der Waals surface area contributed by atoms with E-state index in [0.717, 1.165) is 42.8 Å². The number of aromatic hydroxyl groups is 1. The smallest absolute Gasteiger partial charge is 0.303 e. The second-order valence-electron chi connectivity index (χ2n) is 4.57. The van der Waals surface area contributed by atoms with Gasteiger partial charge in [-0.25, -0.2) is 0 Å². The Morgan fingerprint density at radius 2 is 1.85 bits per heavy atom. The molecule has 1 aromatic rings. The molecule has 2 N–H and O–H groups in total. The lowest BCUT2D eigenvalue weighted by Crippen LogP contribution is -1.93. The molecule has 0 fully saturated rings. The highest BCUT2D eigenvalue weighted by molar-refractivity contribution is 7.99. The first-order valence-corrected chi connectivity index (χ1v) is 7.96. The Hall–Kier alpha value is -1.42. The van der Waals surface area contributed by atoms with Gasteiger partial charge in [-0.2, -0.15) is 0 Å². The van der Waals surface area contributed by atoms with Crippen LogP contribution < -0.4 is 0 Å². The van der Waals surface area contributed by atoms with Crippen LogP contribution >= 0.6 is 11.8 Å². The summed E-state index contributed by atoms with van der Waals surface area (Å²) >= 11 is 1.66. The van der Waals surface area contributed by atoms with E-state index in [0.29, 0.717) is 5.75 Å². The van der Waals surface area contributed by atoms with Crippen LogP contribution in [0.25, 0.3) is 0 Å². The van der Waals surface area contributed by atoms with Crippen molar-refractivity contribution in [2.24, 2.45) is 0 Å². The number of hydrogen-bond donors (Lipinski definition) is 2. The number of carboxylic acids is 1. The minimum Gasteiger partial charge on any atom is -0.507 e. The number of hydrogen-bond acceptors (Lipinski definition) is 3. The normalized spacial score (nSPS) is 11.0. The summed E-state index contributed by atoms with van der Waals surface area (Å²) in [5.41, 5.74) is 0. The number of aliphatic carboxylic acids is 1. The van der Waals surface area contributed by atoms with Crippen molar-refractivity contribution >= 4 is 17.7 Å². The molecule has 0 radical (unpaired) electrons. The van der Waals surface area contributed by atoms with Gasteiger partial charge in [0.05, 0.1) is 0 Å². The van der Waals surface area contributed by atoms with Gasteiger partial charge in [0.2, 0.25) is 0 Å². The summed E-state index contributed by atoms with van der Waals surface area (Å²) in [6, 6.07) is 7.38. The number of benzene rings is 1. The van der Waals surface area contributed by atoms with E-state index in [1.54, 1.807) is 17.8 Å². The van der Waals surface area contributed by atoms with Gasteiger partial charge in [0.25, 0.3) is 0 Å². The van der Waals surface area contributed by atoms with Gasteiger partial charge in [-0.1, -0.05) is 30.7 Å². The molecule has 1 aromatic carbocycles. The fourth-order valence-corrected chi connectivity index (χ4v) is 2.63. The molecule has 0 amide bonds. The van der Waals surface area contributed by atoms with Crippen molar-refractivity contribution in [1.29, 1.82) is 0 Å². The molecule has 0 unspecified atom stereocenters. The van der Waals surface area contributed by atoms with Gasteiger partial charge in [-0.3, -0.25) is 4.79 Å². The second-order valence-corrected chi connectivity index (χ2v) is 5.71. The fraction of sp³-hybridized carbons (Fsp3) is 0.438. The second kappa shape index (κ2) is 10.4. The summed E-state index contributed by atoms with van der Waals surface area (Å²) in [6.07, 6.45) is 9.39. The van der Waals surface area contributed by atoms with Gasteiger partial charge >= 0.3 is 5.97 Å². The molecule has 0 atom stereocenters. The predicted molar refractivity (Wildman–Crippen MR) is 83.3 cm³/mol. The fourth-order valence-electron chi connectivity index (χ4n) is 1.77. The lowest BCUT2D eigenvalue weighted by atomic mass is 10.1. The molecule has 0 aliphatic carbocycles. The molecule has 0 aliphatic rings. The van der Waals surface area contributed by atoms with Gasteiger partial charge in [0.1, 0.15) is 5.75 Å². The topological polar surface area (TPSA) is 57.5 Å². The lowest BCUT2D eigenvalue weighted by molar-refractivity contribution is -0.137. The van der Waals surface area contributed by atoms with Crippen LogP contribution in [0.5, 0.6) is 5.75 Å². The first-order valence-electron chi connectivity index (χ1n) is 6.97. The Morgan fingerprint density at radius 1 is 1.10 bits per heavy atom. The van der Waals surface area contributed by atoms with Gasteiger partial charge in [-0.05, 0) is 37.8 Å². The highest BCUT2D eigenvalue weighted by Gasteiger charge is 1.98. The maximum absolute atomic E-state index is 10.3. The summed E-state index contributed by atoms with van der Waals surface area (Å²) in [5.74, 6) is 0.592. The Morgan fingerprint density at radius 3 is 2.60 bits per heavy atom. The molecule has 0 aliphatic heterocycles. The van der Waals surface area contributed by atoms with Crippen LogP contribution in [0, 0.1) is 0 Å². The van der Waals surface area contributed by atoms with Crippen LogP contribution in [0.15, 0.2) is 41.3 Å².